The Morgan fingerprint density at radius 1 is 1.29 bits per heavy atom. The van der Waals surface area contributed by atoms with Crippen LogP contribution in [0.5, 0.6) is 0 Å². The van der Waals surface area contributed by atoms with Crippen molar-refractivity contribution in [3.63, 3.8) is 0 Å². The first-order valence-corrected chi connectivity index (χ1v) is 7.41. The van der Waals surface area contributed by atoms with E-state index in [9.17, 15) is 0 Å². The van der Waals surface area contributed by atoms with Gasteiger partial charge >= 0.3 is 0 Å². The van der Waals surface area contributed by atoms with Gasteiger partial charge in [-0.15, -0.1) is 0 Å². The Morgan fingerprint density at radius 2 is 2.05 bits per heavy atom. The topological polar surface area (TPSA) is 51.4 Å². The summed E-state index contributed by atoms with van der Waals surface area (Å²) in [6, 6.07) is 6.19. The Bertz CT molecular complexity index is 610. The summed E-state index contributed by atoms with van der Waals surface area (Å²) in [4.78, 5) is 6.74. The maximum absolute atomic E-state index is 6.09. The third kappa shape index (κ3) is 3.64. The van der Waals surface area contributed by atoms with E-state index in [1.54, 1.807) is 7.11 Å². The predicted octanol–water partition coefficient (Wildman–Crippen LogP) is 3.23. The molecular formula is C17H25N3O. The number of aromatic nitrogens is 1. The molecule has 0 bridgehead atoms. The zero-order chi connectivity index (χ0) is 15.4. The monoisotopic (exact) mass is 287 g/mol. The minimum Gasteiger partial charge on any atom is -0.398 e. The number of rotatable bonds is 6. The van der Waals surface area contributed by atoms with Crippen molar-refractivity contribution < 1.29 is 4.74 Å². The summed E-state index contributed by atoms with van der Waals surface area (Å²) < 4.78 is 5.26. The molecule has 0 saturated heterocycles. The van der Waals surface area contributed by atoms with Crippen LogP contribution in [-0.2, 0) is 4.74 Å². The molecule has 0 unspecified atom stereocenters. The molecule has 21 heavy (non-hydrogen) atoms. The van der Waals surface area contributed by atoms with E-state index in [0.29, 0.717) is 12.5 Å². The molecule has 0 aliphatic carbocycles. The van der Waals surface area contributed by atoms with Crippen molar-refractivity contribution in [2.24, 2.45) is 5.92 Å². The Labute approximate surface area is 126 Å². The van der Waals surface area contributed by atoms with Crippen LogP contribution in [0.15, 0.2) is 24.4 Å². The molecule has 2 N–H and O–H groups in total. The highest BCUT2D eigenvalue weighted by Gasteiger charge is 2.13. The number of benzene rings is 1. The molecule has 114 valence electrons. The van der Waals surface area contributed by atoms with Crippen LogP contribution < -0.4 is 10.6 Å². The lowest BCUT2D eigenvalue weighted by Crippen LogP contribution is -2.31. The van der Waals surface area contributed by atoms with Gasteiger partial charge in [0.2, 0.25) is 0 Å². The van der Waals surface area contributed by atoms with E-state index in [4.69, 9.17) is 10.5 Å². The molecule has 0 fully saturated rings. The molecule has 4 nitrogen and oxygen atoms in total. The molecule has 0 aliphatic rings. The van der Waals surface area contributed by atoms with E-state index in [1.807, 2.05) is 19.2 Å². The molecule has 4 heteroatoms. The van der Waals surface area contributed by atoms with Crippen LogP contribution in [-0.4, -0.2) is 31.8 Å². The summed E-state index contributed by atoms with van der Waals surface area (Å²) in [6.07, 6.45) is 1.87. The van der Waals surface area contributed by atoms with Gasteiger partial charge in [-0.2, -0.15) is 0 Å². The van der Waals surface area contributed by atoms with Crippen LogP contribution in [0.1, 0.15) is 19.5 Å². The van der Waals surface area contributed by atoms with Crippen molar-refractivity contribution in [2.45, 2.75) is 20.8 Å². The van der Waals surface area contributed by atoms with E-state index in [2.05, 4.69) is 35.9 Å². The number of pyridine rings is 1. The van der Waals surface area contributed by atoms with Crippen LogP contribution in [0.25, 0.3) is 10.8 Å². The zero-order valence-electron chi connectivity index (χ0n) is 13.4. The second kappa shape index (κ2) is 6.76. The second-order valence-corrected chi connectivity index (χ2v) is 5.88. The fourth-order valence-corrected chi connectivity index (χ4v) is 2.58. The van der Waals surface area contributed by atoms with Crippen molar-refractivity contribution in [3.8, 4) is 0 Å². The first-order valence-electron chi connectivity index (χ1n) is 7.41. The molecule has 0 aliphatic heterocycles. The highest BCUT2D eigenvalue weighted by Crippen LogP contribution is 2.31. The van der Waals surface area contributed by atoms with Crippen LogP contribution in [0.2, 0.25) is 0 Å². The maximum Gasteiger partial charge on any atom is 0.0637 e. The quantitative estimate of drug-likeness (QED) is 0.829. The average molecular weight is 287 g/mol. The molecule has 0 radical (unpaired) electrons. The van der Waals surface area contributed by atoms with Gasteiger partial charge in [0, 0.05) is 54.2 Å². The van der Waals surface area contributed by atoms with E-state index in [0.717, 1.165) is 29.9 Å². The molecule has 1 aromatic carbocycles. The first kappa shape index (κ1) is 15.6. The second-order valence-electron chi connectivity index (χ2n) is 5.88. The number of hydrogen-bond acceptors (Lipinski definition) is 4. The lowest BCUT2D eigenvalue weighted by molar-refractivity contribution is 0.204. The van der Waals surface area contributed by atoms with Gasteiger partial charge in [-0.1, -0.05) is 13.8 Å². The van der Waals surface area contributed by atoms with Gasteiger partial charge in [0.1, 0.15) is 0 Å². The molecular weight excluding hydrogens is 262 g/mol. The van der Waals surface area contributed by atoms with E-state index < -0.39 is 0 Å². The lowest BCUT2D eigenvalue weighted by atomic mass is 10.1. The van der Waals surface area contributed by atoms with E-state index in [-0.39, 0.29) is 0 Å². The predicted molar refractivity (Wildman–Crippen MR) is 89.8 cm³/mol. The summed E-state index contributed by atoms with van der Waals surface area (Å²) in [6.45, 7) is 9.04. The van der Waals surface area contributed by atoms with Gasteiger partial charge in [0.15, 0.2) is 0 Å². The van der Waals surface area contributed by atoms with Gasteiger partial charge < -0.3 is 15.4 Å². The fourth-order valence-electron chi connectivity index (χ4n) is 2.58. The molecule has 2 aromatic rings. The Hall–Kier alpha value is -1.81. The lowest BCUT2D eigenvalue weighted by Gasteiger charge is -2.28. The highest BCUT2D eigenvalue weighted by molar-refractivity contribution is 6.01. The number of nitrogens with zero attached hydrogens (tertiary/aromatic N) is 2. The smallest absolute Gasteiger partial charge is 0.0637 e. The fraction of sp³-hybridized carbons (Fsp3) is 0.471. The maximum atomic E-state index is 6.09. The van der Waals surface area contributed by atoms with Gasteiger partial charge in [-0.3, -0.25) is 4.98 Å². The number of ether oxygens (including phenoxy) is 1. The Balaban J connectivity index is 2.50. The van der Waals surface area contributed by atoms with Crippen LogP contribution in [0, 0.1) is 12.8 Å². The normalized spacial score (nSPS) is 11.3. The van der Waals surface area contributed by atoms with Crippen LogP contribution in [0.4, 0.5) is 11.4 Å². The van der Waals surface area contributed by atoms with Crippen LogP contribution >= 0.6 is 0 Å². The molecule has 1 aromatic heterocycles. The van der Waals surface area contributed by atoms with Crippen molar-refractivity contribution in [1.29, 1.82) is 0 Å². The van der Waals surface area contributed by atoms with Crippen LogP contribution in [0.3, 0.4) is 0 Å². The SMILES string of the molecule is COCCN(CC(C)C)c1ccc(N)c2cnc(C)cc12. The summed E-state index contributed by atoms with van der Waals surface area (Å²) in [7, 11) is 1.74. The number of anilines is 2. The summed E-state index contributed by atoms with van der Waals surface area (Å²) in [5.41, 5.74) is 9.08. The Kier molecular flexibility index (Phi) is 5.02. The van der Waals surface area contributed by atoms with Crippen molar-refractivity contribution >= 4 is 22.1 Å². The van der Waals surface area contributed by atoms with Crippen molar-refractivity contribution in [1.82, 2.24) is 4.98 Å². The number of fused-ring (bicyclic) bond motifs is 1. The van der Waals surface area contributed by atoms with Crippen molar-refractivity contribution in [3.05, 3.63) is 30.1 Å². The average Bonchev–Trinajstić information content (AvgIpc) is 2.43. The van der Waals surface area contributed by atoms with Gasteiger partial charge in [-0.25, -0.2) is 0 Å². The minimum absolute atomic E-state index is 0.581. The standard InChI is InChI=1S/C17H25N3O/c1-12(2)11-20(7-8-21-4)17-6-5-16(18)15-10-19-13(3)9-14(15)17/h5-6,9-10,12H,7-8,11,18H2,1-4H3. The zero-order valence-corrected chi connectivity index (χ0v) is 13.4. The third-order valence-corrected chi connectivity index (χ3v) is 3.54. The van der Waals surface area contributed by atoms with E-state index >= 15 is 0 Å². The van der Waals surface area contributed by atoms with Crippen molar-refractivity contribution in [2.75, 3.05) is 37.4 Å². The minimum atomic E-state index is 0.581. The molecule has 2 rings (SSSR count). The molecule has 0 amide bonds. The number of nitrogen functional groups attached to an aromatic ring is 1. The Morgan fingerprint density at radius 3 is 2.71 bits per heavy atom. The molecule has 0 spiro atoms. The van der Waals surface area contributed by atoms with Gasteiger partial charge in [-0.05, 0) is 31.0 Å². The summed E-state index contributed by atoms with van der Waals surface area (Å²) in [5.74, 6) is 0.581. The summed E-state index contributed by atoms with van der Waals surface area (Å²) >= 11 is 0. The number of aryl methyl sites for hydroxylation is 1. The van der Waals surface area contributed by atoms with E-state index in [1.165, 1.54) is 11.1 Å². The van der Waals surface area contributed by atoms with Gasteiger partial charge in [0.05, 0.1) is 6.61 Å². The third-order valence-electron chi connectivity index (χ3n) is 3.54. The molecule has 0 saturated carbocycles. The first-order chi connectivity index (χ1) is 10.0. The number of hydrogen-bond donors (Lipinski definition) is 1. The number of methoxy groups -OCH3 is 1. The number of nitrogens with two attached hydrogens (primary N) is 1. The van der Waals surface area contributed by atoms with Gasteiger partial charge in [0.25, 0.3) is 0 Å². The molecule has 0 atom stereocenters. The molecule has 1 heterocycles. The summed E-state index contributed by atoms with van der Waals surface area (Å²) in [5, 5.41) is 2.18. The highest BCUT2D eigenvalue weighted by atomic mass is 16.5. The largest absolute Gasteiger partial charge is 0.398 e.